The van der Waals surface area contributed by atoms with Crippen molar-refractivity contribution in [2.45, 2.75) is 107 Å². The number of nitrogens with zero attached hydrogens (tertiary/aromatic N) is 2. The van der Waals surface area contributed by atoms with Crippen LogP contribution in [0.3, 0.4) is 0 Å². The number of rotatable bonds is 5. The van der Waals surface area contributed by atoms with Crippen molar-refractivity contribution < 1.29 is 0 Å². The molecule has 7 nitrogen and oxygen atoms in total. The molecule has 0 amide bonds. The van der Waals surface area contributed by atoms with E-state index in [0.29, 0.717) is 29.1 Å². The number of hydrogen-bond donors (Lipinski definition) is 5. The van der Waals surface area contributed by atoms with E-state index in [4.69, 9.17) is 0 Å². The molecule has 0 aromatic rings. The predicted molar refractivity (Wildman–Crippen MR) is 119 cm³/mol. The van der Waals surface area contributed by atoms with E-state index in [1.165, 1.54) is 57.8 Å². The lowest BCUT2D eigenvalue weighted by Gasteiger charge is -2.35. The van der Waals surface area contributed by atoms with Crippen LogP contribution < -0.4 is 27.0 Å². The zero-order chi connectivity index (χ0) is 19.8. The van der Waals surface area contributed by atoms with E-state index in [2.05, 4.69) is 62.6 Å². The molecule has 4 saturated heterocycles. The summed E-state index contributed by atoms with van der Waals surface area (Å²) >= 11 is 2.06. The summed E-state index contributed by atoms with van der Waals surface area (Å²) in [5.41, 5.74) is 15.1. The molecule has 5 fully saturated rings. The van der Waals surface area contributed by atoms with Crippen LogP contribution in [0.5, 0.6) is 0 Å². The largest absolute Gasteiger partial charge is 0.317 e. The Morgan fingerprint density at radius 3 is 2.45 bits per heavy atom. The SMILES string of the molecule is CC1NN(C2CCCCC2)C(C)C1CCC1NN2C(NNC2C2CCNCC2)S1. The molecule has 8 heteroatoms. The molecule has 0 aromatic carbocycles. The molecule has 5 N–H and O–H groups in total. The number of hydrazine groups is 3. The first-order chi connectivity index (χ1) is 14.2. The summed E-state index contributed by atoms with van der Waals surface area (Å²) in [5, 5.41) is 9.13. The molecule has 5 aliphatic rings. The Morgan fingerprint density at radius 2 is 1.66 bits per heavy atom. The van der Waals surface area contributed by atoms with Crippen molar-refractivity contribution >= 4 is 11.8 Å². The van der Waals surface area contributed by atoms with Gasteiger partial charge in [-0.05, 0) is 77.3 Å². The summed E-state index contributed by atoms with van der Waals surface area (Å²) in [6, 6.07) is 2.01. The minimum absolute atomic E-state index is 0.371. The molecule has 4 heterocycles. The Morgan fingerprint density at radius 1 is 0.862 bits per heavy atom. The second-order valence-corrected chi connectivity index (χ2v) is 11.2. The fourth-order valence-electron chi connectivity index (χ4n) is 6.38. The zero-order valence-electron chi connectivity index (χ0n) is 18.2. The molecular formula is C21H41N7S. The summed E-state index contributed by atoms with van der Waals surface area (Å²) in [5.74, 6) is 1.48. The van der Waals surface area contributed by atoms with Gasteiger partial charge in [0.1, 0.15) is 5.50 Å². The molecule has 29 heavy (non-hydrogen) atoms. The topological polar surface area (TPSA) is 66.6 Å². The van der Waals surface area contributed by atoms with E-state index in [1.54, 1.807) is 0 Å². The zero-order valence-corrected chi connectivity index (χ0v) is 19.0. The van der Waals surface area contributed by atoms with E-state index in [1.807, 2.05) is 0 Å². The fraction of sp³-hybridized carbons (Fsp3) is 1.00. The van der Waals surface area contributed by atoms with Crippen molar-refractivity contribution in [1.82, 2.24) is 37.0 Å². The van der Waals surface area contributed by atoms with Gasteiger partial charge in [0.2, 0.25) is 0 Å². The molecule has 6 atom stereocenters. The maximum Gasteiger partial charge on any atom is 0.136 e. The van der Waals surface area contributed by atoms with Crippen LogP contribution >= 0.6 is 11.8 Å². The maximum absolute atomic E-state index is 3.86. The van der Waals surface area contributed by atoms with Crippen LogP contribution in [0.1, 0.15) is 71.6 Å². The minimum Gasteiger partial charge on any atom is -0.317 e. The molecule has 0 bridgehead atoms. The van der Waals surface area contributed by atoms with E-state index in [9.17, 15) is 0 Å². The highest BCUT2D eigenvalue weighted by Gasteiger charge is 2.45. The van der Waals surface area contributed by atoms with Gasteiger partial charge in [-0.25, -0.2) is 21.3 Å². The fourth-order valence-corrected chi connectivity index (χ4v) is 7.61. The van der Waals surface area contributed by atoms with Crippen molar-refractivity contribution in [2.75, 3.05) is 13.1 Å². The maximum atomic E-state index is 3.86. The lowest BCUT2D eigenvalue weighted by molar-refractivity contribution is 0.0855. The van der Waals surface area contributed by atoms with E-state index < -0.39 is 0 Å². The van der Waals surface area contributed by atoms with Crippen LogP contribution in [0.4, 0.5) is 0 Å². The van der Waals surface area contributed by atoms with Gasteiger partial charge in [-0.3, -0.25) is 5.43 Å². The van der Waals surface area contributed by atoms with Gasteiger partial charge in [-0.15, -0.1) is 11.8 Å². The third-order valence-electron chi connectivity index (χ3n) is 8.11. The third kappa shape index (κ3) is 4.37. The van der Waals surface area contributed by atoms with Gasteiger partial charge in [0, 0.05) is 18.1 Å². The van der Waals surface area contributed by atoms with Gasteiger partial charge in [0.05, 0.1) is 11.5 Å². The molecule has 1 aliphatic carbocycles. The van der Waals surface area contributed by atoms with Gasteiger partial charge >= 0.3 is 0 Å². The van der Waals surface area contributed by atoms with Crippen LogP contribution in [0, 0.1) is 11.8 Å². The minimum atomic E-state index is 0.371. The lowest BCUT2D eigenvalue weighted by Crippen LogP contribution is -2.51. The number of piperidine rings is 1. The van der Waals surface area contributed by atoms with Crippen LogP contribution in [-0.4, -0.2) is 58.3 Å². The second-order valence-electron chi connectivity index (χ2n) is 9.93. The van der Waals surface area contributed by atoms with Gasteiger partial charge in [0.25, 0.3) is 0 Å². The Kier molecular flexibility index (Phi) is 6.70. The van der Waals surface area contributed by atoms with Gasteiger partial charge < -0.3 is 5.32 Å². The molecule has 1 saturated carbocycles. The van der Waals surface area contributed by atoms with Gasteiger partial charge in [-0.1, -0.05) is 19.3 Å². The molecule has 6 unspecified atom stereocenters. The summed E-state index contributed by atoms with van der Waals surface area (Å²) in [6.45, 7) is 7.16. The lowest BCUT2D eigenvalue weighted by atomic mass is 9.89. The van der Waals surface area contributed by atoms with Crippen molar-refractivity contribution in [1.29, 1.82) is 0 Å². The number of nitrogens with one attached hydrogen (secondary N) is 5. The molecular weight excluding hydrogens is 382 g/mol. The molecule has 166 valence electrons. The molecule has 0 aromatic heterocycles. The monoisotopic (exact) mass is 423 g/mol. The van der Waals surface area contributed by atoms with Gasteiger partial charge in [-0.2, -0.15) is 5.01 Å². The van der Waals surface area contributed by atoms with Crippen molar-refractivity contribution in [2.24, 2.45) is 11.8 Å². The van der Waals surface area contributed by atoms with Crippen molar-refractivity contribution in [3.05, 3.63) is 0 Å². The number of hydrogen-bond acceptors (Lipinski definition) is 8. The highest BCUT2D eigenvalue weighted by atomic mass is 32.2. The quantitative estimate of drug-likeness (QED) is 0.460. The first kappa shape index (κ1) is 20.9. The highest BCUT2D eigenvalue weighted by Crippen LogP contribution is 2.37. The Bertz CT molecular complexity index is 539. The van der Waals surface area contributed by atoms with Gasteiger partial charge in [0.15, 0.2) is 0 Å². The van der Waals surface area contributed by atoms with Crippen LogP contribution in [0.15, 0.2) is 0 Å². The number of fused-ring (bicyclic) bond motifs is 1. The molecule has 0 spiro atoms. The van der Waals surface area contributed by atoms with E-state index in [0.717, 1.165) is 31.0 Å². The summed E-state index contributed by atoms with van der Waals surface area (Å²) in [6.07, 6.45) is 12.5. The third-order valence-corrected chi connectivity index (χ3v) is 9.38. The Balaban J connectivity index is 1.12. The standard InChI is InChI=1S/C21H41N7S/c1-14-18(15(2)27(25-14)17-6-4-3-5-7-17)8-9-19-26-28-20(23-24-21(28)29-19)16-10-12-22-13-11-16/h14-26H,3-13H2,1-2H3. The second kappa shape index (κ2) is 9.28. The van der Waals surface area contributed by atoms with Crippen LogP contribution in [-0.2, 0) is 0 Å². The predicted octanol–water partition coefficient (Wildman–Crippen LogP) is 1.91. The van der Waals surface area contributed by atoms with Crippen LogP contribution in [0.2, 0.25) is 0 Å². The smallest absolute Gasteiger partial charge is 0.136 e. The normalized spacial score (nSPS) is 43.2. The summed E-state index contributed by atoms with van der Waals surface area (Å²) in [4.78, 5) is 0. The number of thioether (sulfide) groups is 1. The van der Waals surface area contributed by atoms with Crippen LogP contribution in [0.25, 0.3) is 0 Å². The van der Waals surface area contributed by atoms with E-state index >= 15 is 0 Å². The molecule has 5 rings (SSSR count). The Hall–Kier alpha value is 0.0700. The Labute approximate surface area is 180 Å². The van der Waals surface area contributed by atoms with E-state index in [-0.39, 0.29) is 0 Å². The molecule has 4 aliphatic heterocycles. The summed E-state index contributed by atoms with van der Waals surface area (Å²) < 4.78 is 0. The first-order valence-corrected chi connectivity index (χ1v) is 13.1. The van der Waals surface area contributed by atoms with Crippen molar-refractivity contribution in [3.8, 4) is 0 Å². The highest BCUT2D eigenvalue weighted by molar-refractivity contribution is 8.00. The summed E-state index contributed by atoms with van der Waals surface area (Å²) in [7, 11) is 0. The average molecular weight is 424 g/mol. The molecule has 0 radical (unpaired) electrons. The first-order valence-electron chi connectivity index (χ1n) is 12.2. The average Bonchev–Trinajstić information content (AvgIpc) is 3.41. The van der Waals surface area contributed by atoms with Crippen molar-refractivity contribution in [3.63, 3.8) is 0 Å².